The van der Waals surface area contributed by atoms with E-state index >= 15 is 0 Å². The van der Waals surface area contributed by atoms with E-state index in [2.05, 4.69) is 6.92 Å². The number of hydrogen-bond acceptors (Lipinski definition) is 1. The van der Waals surface area contributed by atoms with Crippen LogP contribution in [0, 0.1) is 23.2 Å². The fourth-order valence-electron chi connectivity index (χ4n) is 5.46. The highest BCUT2D eigenvalue weighted by molar-refractivity contribution is 5.89. The highest BCUT2D eigenvalue weighted by Crippen LogP contribution is 2.63. The van der Waals surface area contributed by atoms with E-state index in [1.807, 2.05) is 6.92 Å². The first-order chi connectivity index (χ1) is 8.54. The lowest BCUT2D eigenvalue weighted by Gasteiger charge is -2.57. The molecule has 0 radical (unpaired) electrons. The van der Waals surface area contributed by atoms with Crippen molar-refractivity contribution in [3.05, 3.63) is 11.1 Å². The van der Waals surface area contributed by atoms with E-state index in [-0.39, 0.29) is 5.41 Å². The summed E-state index contributed by atoms with van der Waals surface area (Å²) >= 11 is 0. The second kappa shape index (κ2) is 4.11. The van der Waals surface area contributed by atoms with Crippen LogP contribution in [0.25, 0.3) is 0 Å². The Balaban J connectivity index is 2.01. The minimum atomic E-state index is -0.642. The second-order valence-corrected chi connectivity index (χ2v) is 7.01. The van der Waals surface area contributed by atoms with Gasteiger partial charge in [0.2, 0.25) is 0 Å². The van der Waals surface area contributed by atoms with Crippen molar-refractivity contribution in [3.63, 3.8) is 0 Å². The number of allylic oxidation sites excluding steroid dienone is 1. The van der Waals surface area contributed by atoms with Crippen molar-refractivity contribution in [2.24, 2.45) is 23.2 Å². The SMILES string of the molecule is CC/C(C)=C(/C(=O)O)C12CC3CC(CC(C3)C1)C2. The fourth-order valence-corrected chi connectivity index (χ4v) is 5.46. The number of rotatable bonds is 3. The molecule has 4 fully saturated rings. The van der Waals surface area contributed by atoms with E-state index in [0.717, 1.165) is 54.6 Å². The predicted molar refractivity (Wildman–Crippen MR) is 71.2 cm³/mol. The highest BCUT2D eigenvalue weighted by Gasteiger charge is 2.54. The molecule has 18 heavy (non-hydrogen) atoms. The van der Waals surface area contributed by atoms with Crippen LogP contribution in [-0.2, 0) is 4.79 Å². The van der Waals surface area contributed by atoms with Crippen molar-refractivity contribution in [1.82, 2.24) is 0 Å². The van der Waals surface area contributed by atoms with Gasteiger partial charge in [-0.05, 0) is 69.6 Å². The number of carboxylic acid groups (broad SMARTS) is 1. The van der Waals surface area contributed by atoms with E-state index < -0.39 is 5.97 Å². The number of carboxylic acids is 1. The molecule has 0 heterocycles. The summed E-state index contributed by atoms with van der Waals surface area (Å²) in [4.78, 5) is 11.8. The summed E-state index contributed by atoms with van der Waals surface area (Å²) in [6.07, 6.45) is 8.45. The van der Waals surface area contributed by atoms with Gasteiger partial charge in [-0.3, -0.25) is 0 Å². The third kappa shape index (κ3) is 1.72. The summed E-state index contributed by atoms with van der Waals surface area (Å²) in [5, 5.41) is 9.68. The van der Waals surface area contributed by atoms with E-state index in [0.29, 0.717) is 0 Å². The van der Waals surface area contributed by atoms with E-state index in [1.165, 1.54) is 19.3 Å². The van der Waals surface area contributed by atoms with Gasteiger partial charge < -0.3 is 5.11 Å². The first-order valence-corrected chi connectivity index (χ1v) is 7.47. The molecule has 0 amide bonds. The molecule has 1 N–H and O–H groups in total. The van der Waals surface area contributed by atoms with Crippen molar-refractivity contribution in [2.75, 3.05) is 0 Å². The van der Waals surface area contributed by atoms with Gasteiger partial charge in [-0.25, -0.2) is 4.79 Å². The van der Waals surface area contributed by atoms with Crippen LogP contribution in [0.15, 0.2) is 11.1 Å². The topological polar surface area (TPSA) is 37.3 Å². The molecule has 100 valence electrons. The Hall–Kier alpha value is -0.790. The lowest BCUT2D eigenvalue weighted by atomic mass is 9.47. The molecule has 0 aromatic rings. The number of carbonyl (C=O) groups is 1. The maximum atomic E-state index is 11.8. The zero-order valence-electron chi connectivity index (χ0n) is 11.5. The smallest absolute Gasteiger partial charge is 0.332 e. The van der Waals surface area contributed by atoms with E-state index in [4.69, 9.17) is 0 Å². The van der Waals surface area contributed by atoms with Gasteiger partial charge in [0, 0.05) is 11.0 Å². The Bertz CT molecular complexity index is 370. The number of aliphatic carboxylic acids is 1. The fraction of sp³-hybridized carbons (Fsp3) is 0.812. The average Bonchev–Trinajstić information content (AvgIpc) is 2.25. The molecule has 0 aromatic carbocycles. The quantitative estimate of drug-likeness (QED) is 0.766. The van der Waals surface area contributed by atoms with Gasteiger partial charge in [0.15, 0.2) is 0 Å². The summed E-state index contributed by atoms with van der Waals surface area (Å²) < 4.78 is 0. The molecular weight excluding hydrogens is 224 g/mol. The molecular formula is C16H24O2. The standard InChI is InChI=1S/C16H24O2/c1-3-10(2)14(15(17)18)16-7-11-4-12(8-16)6-13(5-11)9-16/h11-13H,3-9H2,1-2H3,(H,17,18)/b14-10-. The maximum Gasteiger partial charge on any atom is 0.332 e. The molecule has 0 aromatic heterocycles. The molecule has 4 rings (SSSR count). The van der Waals surface area contributed by atoms with Crippen molar-refractivity contribution in [1.29, 1.82) is 0 Å². The molecule has 4 aliphatic rings. The summed E-state index contributed by atoms with van der Waals surface area (Å²) in [7, 11) is 0. The van der Waals surface area contributed by atoms with Crippen LogP contribution in [0.3, 0.4) is 0 Å². The highest BCUT2D eigenvalue weighted by atomic mass is 16.4. The Morgan fingerprint density at radius 1 is 1.11 bits per heavy atom. The Labute approximate surface area is 109 Å². The average molecular weight is 248 g/mol. The molecule has 0 aliphatic heterocycles. The molecule has 0 unspecified atom stereocenters. The molecule has 4 saturated carbocycles. The zero-order chi connectivity index (χ0) is 12.9. The van der Waals surface area contributed by atoms with Crippen LogP contribution >= 0.6 is 0 Å². The summed E-state index contributed by atoms with van der Waals surface area (Å²) in [5.41, 5.74) is 1.95. The van der Waals surface area contributed by atoms with Gasteiger partial charge in [-0.1, -0.05) is 12.5 Å². The Kier molecular flexibility index (Phi) is 2.80. The first kappa shape index (κ1) is 12.3. The molecule has 2 heteroatoms. The van der Waals surface area contributed by atoms with Crippen molar-refractivity contribution < 1.29 is 9.90 Å². The predicted octanol–water partition coefficient (Wildman–Crippen LogP) is 4.01. The van der Waals surface area contributed by atoms with Crippen molar-refractivity contribution >= 4 is 5.97 Å². The maximum absolute atomic E-state index is 11.8. The van der Waals surface area contributed by atoms with Gasteiger partial charge in [0.1, 0.15) is 0 Å². The van der Waals surface area contributed by atoms with Crippen LogP contribution in [0.4, 0.5) is 0 Å². The molecule has 0 saturated heterocycles. The number of hydrogen-bond donors (Lipinski definition) is 1. The van der Waals surface area contributed by atoms with Crippen LogP contribution in [0.1, 0.15) is 58.8 Å². The third-order valence-corrected chi connectivity index (χ3v) is 5.74. The Morgan fingerprint density at radius 2 is 1.56 bits per heavy atom. The van der Waals surface area contributed by atoms with E-state index in [9.17, 15) is 9.90 Å². The molecule has 4 aliphatic carbocycles. The monoisotopic (exact) mass is 248 g/mol. The normalized spacial score (nSPS) is 42.9. The van der Waals surface area contributed by atoms with Crippen LogP contribution in [0.5, 0.6) is 0 Å². The van der Waals surface area contributed by atoms with Crippen molar-refractivity contribution in [3.8, 4) is 0 Å². The molecule has 0 spiro atoms. The lowest BCUT2D eigenvalue weighted by molar-refractivity contribution is -0.136. The van der Waals surface area contributed by atoms with Crippen LogP contribution < -0.4 is 0 Å². The first-order valence-electron chi connectivity index (χ1n) is 7.47. The van der Waals surface area contributed by atoms with Gasteiger partial charge in [0.25, 0.3) is 0 Å². The summed E-state index contributed by atoms with van der Waals surface area (Å²) in [6, 6.07) is 0. The third-order valence-electron chi connectivity index (χ3n) is 5.74. The zero-order valence-corrected chi connectivity index (χ0v) is 11.5. The van der Waals surface area contributed by atoms with Crippen molar-refractivity contribution in [2.45, 2.75) is 58.8 Å². The Morgan fingerprint density at radius 3 is 1.89 bits per heavy atom. The molecule has 4 bridgehead atoms. The minimum Gasteiger partial charge on any atom is -0.478 e. The largest absolute Gasteiger partial charge is 0.478 e. The van der Waals surface area contributed by atoms with Gasteiger partial charge >= 0.3 is 5.97 Å². The van der Waals surface area contributed by atoms with Crippen LogP contribution in [0.2, 0.25) is 0 Å². The lowest BCUT2D eigenvalue weighted by Crippen LogP contribution is -2.48. The van der Waals surface area contributed by atoms with Gasteiger partial charge in [0.05, 0.1) is 0 Å². The van der Waals surface area contributed by atoms with E-state index in [1.54, 1.807) is 0 Å². The minimum absolute atomic E-state index is 0.0423. The molecule has 2 nitrogen and oxygen atoms in total. The van der Waals surface area contributed by atoms with Crippen LogP contribution in [-0.4, -0.2) is 11.1 Å². The summed E-state index contributed by atoms with van der Waals surface area (Å²) in [5.74, 6) is 1.80. The van der Waals surface area contributed by atoms with Gasteiger partial charge in [-0.2, -0.15) is 0 Å². The molecule has 0 atom stereocenters. The second-order valence-electron chi connectivity index (χ2n) is 7.01. The van der Waals surface area contributed by atoms with Gasteiger partial charge in [-0.15, -0.1) is 0 Å². The summed E-state index contributed by atoms with van der Waals surface area (Å²) in [6.45, 7) is 4.11.